The molecule has 56 heavy (non-hydrogen) atoms. The first kappa shape index (κ1) is 34.8. The van der Waals surface area contributed by atoms with Crippen LogP contribution in [0, 0.1) is 18.3 Å². The summed E-state index contributed by atoms with van der Waals surface area (Å²) < 4.78 is 1.22. The molecular formula is C52H37N3S. The molecule has 2 aromatic heterocycles. The van der Waals surface area contributed by atoms with Crippen LogP contribution in [0.25, 0.3) is 88.4 Å². The van der Waals surface area contributed by atoms with E-state index in [1.54, 1.807) is 11.3 Å². The van der Waals surface area contributed by atoms with E-state index < -0.39 is 0 Å². The van der Waals surface area contributed by atoms with Gasteiger partial charge >= 0.3 is 0 Å². The fourth-order valence-corrected chi connectivity index (χ4v) is 8.77. The molecule has 8 aromatic rings. The molecule has 0 radical (unpaired) electrons. The summed E-state index contributed by atoms with van der Waals surface area (Å²) in [6.07, 6.45) is 14.5. The van der Waals surface area contributed by atoms with Crippen LogP contribution in [0.1, 0.15) is 34.7 Å². The number of fused-ring (bicyclic) bond motifs is 2. The lowest BCUT2D eigenvalue weighted by atomic mass is 9.93. The van der Waals surface area contributed by atoms with E-state index in [1.807, 2.05) is 42.5 Å². The van der Waals surface area contributed by atoms with Crippen molar-refractivity contribution in [1.29, 1.82) is 5.26 Å². The number of thiophene rings is 1. The number of hydrogen-bond donors (Lipinski definition) is 0. The van der Waals surface area contributed by atoms with E-state index in [4.69, 9.17) is 9.97 Å². The van der Waals surface area contributed by atoms with Crippen LogP contribution in [0.5, 0.6) is 0 Å². The van der Waals surface area contributed by atoms with Crippen LogP contribution in [-0.4, -0.2) is 9.97 Å². The highest BCUT2D eigenvalue weighted by Crippen LogP contribution is 2.40. The van der Waals surface area contributed by atoms with Crippen molar-refractivity contribution in [3.05, 3.63) is 192 Å². The maximum absolute atomic E-state index is 10.1. The van der Waals surface area contributed by atoms with Crippen LogP contribution >= 0.6 is 11.3 Å². The van der Waals surface area contributed by atoms with Gasteiger partial charge in [-0.05, 0) is 117 Å². The number of hydrogen-bond acceptors (Lipinski definition) is 4. The molecule has 6 aromatic carbocycles. The van der Waals surface area contributed by atoms with E-state index in [1.165, 1.54) is 20.5 Å². The maximum Gasteiger partial charge on any atom is 0.160 e. The van der Waals surface area contributed by atoms with Gasteiger partial charge in [-0.1, -0.05) is 134 Å². The number of rotatable bonds is 8. The molecule has 2 heterocycles. The number of aryl methyl sites for hydroxylation is 1. The number of nitriles is 1. The average molecular weight is 736 g/mol. The molecule has 4 heteroatoms. The SMILES string of the molecule is C=C/C=C\c1sc2c(-c3cc(C#N)cc(-c4ccc5ccc(-c6ccc(-c7cc(-c8ccccc8)nc(C8=CCCC=C8)n7)cc6)cc5c4)c3)cccc2c1C. The molecule has 0 unspecified atom stereocenters. The average Bonchev–Trinajstić information content (AvgIpc) is 3.60. The van der Waals surface area contributed by atoms with Crippen molar-refractivity contribution in [2.24, 2.45) is 0 Å². The lowest BCUT2D eigenvalue weighted by Crippen LogP contribution is -1.99. The summed E-state index contributed by atoms with van der Waals surface area (Å²) in [5, 5.41) is 13.7. The Kier molecular flexibility index (Phi) is 9.37. The minimum Gasteiger partial charge on any atom is -0.228 e. The van der Waals surface area contributed by atoms with Crippen molar-refractivity contribution < 1.29 is 0 Å². The normalized spacial score (nSPS) is 12.6. The lowest BCUT2D eigenvalue weighted by Gasteiger charge is -2.12. The van der Waals surface area contributed by atoms with Crippen molar-refractivity contribution in [1.82, 2.24) is 9.97 Å². The van der Waals surface area contributed by atoms with E-state index >= 15 is 0 Å². The highest BCUT2D eigenvalue weighted by atomic mass is 32.1. The van der Waals surface area contributed by atoms with Gasteiger partial charge in [0.05, 0.1) is 23.0 Å². The molecule has 0 fully saturated rings. The minimum atomic E-state index is 0.641. The van der Waals surface area contributed by atoms with Crippen LogP contribution in [0.2, 0.25) is 0 Å². The number of aromatic nitrogens is 2. The Morgan fingerprint density at radius 3 is 2.07 bits per heavy atom. The third-order valence-corrected chi connectivity index (χ3v) is 11.8. The molecule has 0 bridgehead atoms. The summed E-state index contributed by atoms with van der Waals surface area (Å²) >= 11 is 1.78. The number of nitrogens with zero attached hydrogens (tertiary/aromatic N) is 3. The summed E-state index contributed by atoms with van der Waals surface area (Å²) in [4.78, 5) is 11.2. The first-order chi connectivity index (χ1) is 27.5. The van der Waals surface area contributed by atoms with Gasteiger partial charge in [0, 0.05) is 26.3 Å². The summed E-state index contributed by atoms with van der Waals surface area (Å²) in [6, 6.07) is 49.4. The van der Waals surface area contributed by atoms with Crippen molar-refractivity contribution in [2.45, 2.75) is 19.8 Å². The Morgan fingerprint density at radius 2 is 1.36 bits per heavy atom. The van der Waals surface area contributed by atoms with Gasteiger partial charge in [-0.15, -0.1) is 11.3 Å². The first-order valence-corrected chi connectivity index (χ1v) is 19.7. The van der Waals surface area contributed by atoms with E-state index in [-0.39, 0.29) is 0 Å². The van der Waals surface area contributed by atoms with Gasteiger partial charge in [0.1, 0.15) is 0 Å². The van der Waals surface area contributed by atoms with Crippen molar-refractivity contribution in [3.8, 4) is 62.0 Å². The van der Waals surface area contributed by atoms with Crippen molar-refractivity contribution in [3.63, 3.8) is 0 Å². The van der Waals surface area contributed by atoms with E-state index in [0.29, 0.717) is 5.56 Å². The van der Waals surface area contributed by atoms with Gasteiger partial charge in [0.25, 0.3) is 0 Å². The summed E-state index contributed by atoms with van der Waals surface area (Å²) in [5.41, 5.74) is 13.4. The third-order valence-electron chi connectivity index (χ3n) is 10.5. The first-order valence-electron chi connectivity index (χ1n) is 18.9. The summed E-state index contributed by atoms with van der Waals surface area (Å²) in [6.45, 7) is 6.01. The van der Waals surface area contributed by atoms with E-state index in [2.05, 4.69) is 147 Å². The standard InChI is InChI=1S/C52H37N3S/c1-3-4-18-50-34(2)46-16-11-17-47(51(46)56-50)45-28-35(33-53)27-43(31-45)42-26-22-37-21-25-41(29-44(37)30-42)36-19-23-39(24-20-36)49-32-48(38-12-7-5-8-13-38)54-52(55-49)40-14-9-6-10-15-40/h3-5,7-9,11-32H,1,6,10H2,2H3/b18-4-. The molecule has 0 spiro atoms. The molecule has 0 N–H and O–H groups in total. The summed E-state index contributed by atoms with van der Waals surface area (Å²) in [7, 11) is 0. The Balaban J connectivity index is 1.06. The van der Waals surface area contributed by atoms with Gasteiger partial charge < -0.3 is 0 Å². The zero-order valence-corrected chi connectivity index (χ0v) is 31.9. The smallest absolute Gasteiger partial charge is 0.160 e. The molecular weight excluding hydrogens is 699 g/mol. The molecule has 1 aliphatic carbocycles. The fraction of sp³-hybridized carbons (Fsp3) is 0.0577. The zero-order valence-electron chi connectivity index (χ0n) is 31.0. The zero-order chi connectivity index (χ0) is 38.0. The van der Waals surface area contributed by atoms with Gasteiger partial charge in [0.2, 0.25) is 0 Å². The minimum absolute atomic E-state index is 0.641. The third kappa shape index (κ3) is 6.82. The molecule has 3 nitrogen and oxygen atoms in total. The largest absolute Gasteiger partial charge is 0.228 e. The van der Waals surface area contributed by atoms with Gasteiger partial charge in [-0.25, -0.2) is 9.97 Å². The number of allylic oxidation sites excluding steroid dienone is 6. The van der Waals surface area contributed by atoms with Crippen LogP contribution in [0.4, 0.5) is 0 Å². The second-order valence-corrected chi connectivity index (χ2v) is 15.2. The highest BCUT2D eigenvalue weighted by molar-refractivity contribution is 7.20. The Bertz CT molecular complexity index is 2940. The predicted molar refractivity (Wildman–Crippen MR) is 237 cm³/mol. The quantitative estimate of drug-likeness (QED) is 0.146. The molecule has 0 amide bonds. The molecule has 0 saturated heterocycles. The molecule has 9 rings (SSSR count). The van der Waals surface area contributed by atoms with E-state index in [0.717, 1.165) is 90.9 Å². The Morgan fingerprint density at radius 1 is 0.661 bits per heavy atom. The van der Waals surface area contributed by atoms with Gasteiger partial charge in [0.15, 0.2) is 5.82 Å². The monoisotopic (exact) mass is 735 g/mol. The van der Waals surface area contributed by atoms with Gasteiger partial charge in [-0.3, -0.25) is 0 Å². The highest BCUT2D eigenvalue weighted by Gasteiger charge is 2.15. The Hall–Kier alpha value is -6.93. The predicted octanol–water partition coefficient (Wildman–Crippen LogP) is 14.3. The maximum atomic E-state index is 10.1. The molecule has 266 valence electrons. The lowest BCUT2D eigenvalue weighted by molar-refractivity contribution is 1.03. The topological polar surface area (TPSA) is 49.6 Å². The van der Waals surface area contributed by atoms with Gasteiger partial charge in [-0.2, -0.15) is 5.26 Å². The second kappa shape index (κ2) is 15.1. The summed E-state index contributed by atoms with van der Waals surface area (Å²) in [5.74, 6) is 0.753. The Labute approximate surface area is 331 Å². The number of benzene rings is 6. The molecule has 0 aliphatic heterocycles. The molecule has 0 saturated carbocycles. The molecule has 0 atom stereocenters. The van der Waals surface area contributed by atoms with Crippen LogP contribution < -0.4 is 0 Å². The van der Waals surface area contributed by atoms with Crippen LogP contribution in [0.15, 0.2) is 170 Å². The van der Waals surface area contributed by atoms with E-state index in [9.17, 15) is 5.26 Å². The van der Waals surface area contributed by atoms with Crippen molar-refractivity contribution >= 4 is 43.8 Å². The van der Waals surface area contributed by atoms with Crippen LogP contribution in [0.3, 0.4) is 0 Å². The van der Waals surface area contributed by atoms with Crippen molar-refractivity contribution in [2.75, 3.05) is 0 Å². The van der Waals surface area contributed by atoms with Crippen LogP contribution in [-0.2, 0) is 0 Å². The molecule has 1 aliphatic rings. The fourth-order valence-electron chi connectivity index (χ4n) is 7.52. The second-order valence-electron chi connectivity index (χ2n) is 14.1.